The fourth-order valence-electron chi connectivity index (χ4n) is 6.62. The molecule has 1 aromatic carbocycles. The Labute approximate surface area is 184 Å². The zero-order valence-electron chi connectivity index (χ0n) is 18.7. The number of nitrogens with zero attached hydrogens (tertiary/aromatic N) is 2. The average Bonchev–Trinajstić information content (AvgIpc) is 3.33. The first-order valence-electron chi connectivity index (χ1n) is 11.8. The third-order valence-electron chi connectivity index (χ3n) is 8.38. The molecule has 0 saturated carbocycles. The molecule has 1 aromatic rings. The number of methoxy groups -OCH3 is 1. The zero-order chi connectivity index (χ0) is 21.6. The first-order valence-corrected chi connectivity index (χ1v) is 11.8. The predicted octanol–water partition coefficient (Wildman–Crippen LogP) is 2.69. The molecule has 2 amide bonds. The lowest BCUT2D eigenvalue weighted by atomic mass is 9.70. The lowest BCUT2D eigenvalue weighted by Crippen LogP contribution is -2.61. The molecular weight excluding hydrogens is 392 g/mol. The summed E-state index contributed by atoms with van der Waals surface area (Å²) in [5.74, 6) is 0.324. The molecule has 3 saturated heterocycles. The Balaban J connectivity index is 1.30. The van der Waals surface area contributed by atoms with Crippen molar-refractivity contribution in [3.8, 4) is 0 Å². The van der Waals surface area contributed by atoms with Crippen LogP contribution in [0.4, 0.5) is 11.4 Å². The van der Waals surface area contributed by atoms with Gasteiger partial charge in [0.05, 0.1) is 23.4 Å². The number of likely N-dealkylation sites (tertiary alicyclic amines) is 1. The predicted molar refractivity (Wildman–Crippen MR) is 120 cm³/mol. The zero-order valence-corrected chi connectivity index (χ0v) is 18.7. The molecule has 4 aliphatic rings. The van der Waals surface area contributed by atoms with Crippen LogP contribution in [-0.4, -0.2) is 72.6 Å². The van der Waals surface area contributed by atoms with E-state index in [-0.39, 0.29) is 11.3 Å². The smallest absolute Gasteiger partial charge is 0.250 e. The maximum atomic E-state index is 13.9. The van der Waals surface area contributed by atoms with Gasteiger partial charge in [0.2, 0.25) is 11.8 Å². The van der Waals surface area contributed by atoms with Gasteiger partial charge in [0.25, 0.3) is 0 Å². The lowest BCUT2D eigenvalue weighted by molar-refractivity contribution is -0.147. The molecule has 1 spiro atoms. The molecule has 0 aromatic heterocycles. The highest BCUT2D eigenvalue weighted by atomic mass is 16.5. The van der Waals surface area contributed by atoms with Crippen LogP contribution >= 0.6 is 0 Å². The molecule has 168 valence electrons. The van der Waals surface area contributed by atoms with Crippen LogP contribution in [0.2, 0.25) is 0 Å². The van der Waals surface area contributed by atoms with Crippen LogP contribution < -0.4 is 10.6 Å². The van der Waals surface area contributed by atoms with Crippen LogP contribution in [-0.2, 0) is 14.3 Å². The number of rotatable bonds is 5. The number of piperidine rings is 1. The number of carbonyl (C=O) groups is 2. The minimum Gasteiger partial charge on any atom is -0.383 e. The summed E-state index contributed by atoms with van der Waals surface area (Å²) in [5, 5.41) is 6.56. The van der Waals surface area contributed by atoms with Gasteiger partial charge in [-0.15, -0.1) is 0 Å². The van der Waals surface area contributed by atoms with Crippen molar-refractivity contribution < 1.29 is 14.3 Å². The second-order valence-corrected chi connectivity index (χ2v) is 9.69. The van der Waals surface area contributed by atoms with E-state index in [9.17, 15) is 9.59 Å². The van der Waals surface area contributed by atoms with Crippen molar-refractivity contribution in [3.05, 3.63) is 24.3 Å². The second-order valence-electron chi connectivity index (χ2n) is 9.69. The number of anilines is 2. The van der Waals surface area contributed by atoms with E-state index in [2.05, 4.69) is 22.5 Å². The van der Waals surface area contributed by atoms with E-state index in [0.29, 0.717) is 43.9 Å². The van der Waals surface area contributed by atoms with E-state index < -0.39 is 5.54 Å². The Morgan fingerprint density at radius 1 is 1.19 bits per heavy atom. The molecule has 31 heavy (non-hydrogen) atoms. The number of benzene rings is 1. The van der Waals surface area contributed by atoms with Crippen molar-refractivity contribution in [1.82, 2.24) is 9.80 Å². The number of hydrogen-bond acceptors (Lipinski definition) is 5. The van der Waals surface area contributed by atoms with Crippen LogP contribution in [0, 0.1) is 5.41 Å². The molecule has 4 aliphatic heterocycles. The molecule has 5 rings (SSSR count). The minimum atomic E-state index is -0.621. The molecule has 0 aliphatic carbocycles. The highest BCUT2D eigenvalue weighted by Crippen LogP contribution is 2.53. The normalized spacial score (nSPS) is 31.4. The third-order valence-corrected chi connectivity index (χ3v) is 8.38. The van der Waals surface area contributed by atoms with Crippen molar-refractivity contribution in [3.63, 3.8) is 0 Å². The summed E-state index contributed by atoms with van der Waals surface area (Å²) in [4.78, 5) is 31.4. The van der Waals surface area contributed by atoms with E-state index >= 15 is 0 Å². The molecule has 3 fully saturated rings. The Bertz CT molecular complexity index is 866. The first kappa shape index (κ1) is 20.8. The summed E-state index contributed by atoms with van der Waals surface area (Å²) in [7, 11) is 1.74. The highest BCUT2D eigenvalue weighted by Gasteiger charge is 2.60. The number of amides is 2. The largest absolute Gasteiger partial charge is 0.383 e. The van der Waals surface area contributed by atoms with Crippen LogP contribution in [0.25, 0.3) is 0 Å². The van der Waals surface area contributed by atoms with Crippen molar-refractivity contribution in [1.29, 1.82) is 0 Å². The summed E-state index contributed by atoms with van der Waals surface area (Å²) in [5.41, 5.74) is 0.896. The number of fused-ring (bicyclic) bond motifs is 3. The van der Waals surface area contributed by atoms with Crippen LogP contribution in [0.3, 0.4) is 0 Å². The van der Waals surface area contributed by atoms with Crippen molar-refractivity contribution in [2.24, 2.45) is 5.41 Å². The SMILES string of the molecule is CC[C@]1(C(=O)N2CCC3(CC2)Nc2ccccc2NC3=O)C[C@H]2CC[C@@H]1N2CCOC. The number of para-hydroxylation sites is 2. The van der Waals surface area contributed by atoms with Gasteiger partial charge >= 0.3 is 0 Å². The van der Waals surface area contributed by atoms with Gasteiger partial charge in [0, 0.05) is 38.8 Å². The van der Waals surface area contributed by atoms with Crippen molar-refractivity contribution in [2.45, 2.75) is 63.1 Å². The Hall–Kier alpha value is -2.12. The summed E-state index contributed by atoms with van der Waals surface area (Å²) >= 11 is 0. The van der Waals surface area contributed by atoms with E-state index in [4.69, 9.17) is 4.74 Å². The molecule has 7 nitrogen and oxygen atoms in total. The third kappa shape index (κ3) is 3.16. The molecule has 0 unspecified atom stereocenters. The summed E-state index contributed by atoms with van der Waals surface area (Å²) in [6.07, 6.45) is 5.41. The number of ether oxygens (including phenoxy) is 1. The van der Waals surface area contributed by atoms with E-state index in [1.54, 1.807) is 7.11 Å². The van der Waals surface area contributed by atoms with Crippen LogP contribution in [0.15, 0.2) is 24.3 Å². The summed E-state index contributed by atoms with van der Waals surface area (Å²) in [6.45, 7) is 5.05. The maximum Gasteiger partial charge on any atom is 0.250 e. The maximum absolute atomic E-state index is 13.9. The molecule has 2 bridgehead atoms. The second kappa shape index (κ2) is 7.78. The quantitative estimate of drug-likeness (QED) is 0.757. The Kier molecular flexibility index (Phi) is 5.21. The molecule has 7 heteroatoms. The monoisotopic (exact) mass is 426 g/mol. The lowest BCUT2D eigenvalue weighted by Gasteiger charge is -2.47. The van der Waals surface area contributed by atoms with Crippen LogP contribution in [0.5, 0.6) is 0 Å². The molecule has 0 radical (unpaired) electrons. The number of carbonyl (C=O) groups excluding carboxylic acids is 2. The first-order chi connectivity index (χ1) is 15.0. The van der Waals surface area contributed by atoms with Crippen LogP contribution in [0.1, 0.15) is 45.4 Å². The molecule has 2 N–H and O–H groups in total. The van der Waals surface area contributed by atoms with Crippen molar-refractivity contribution in [2.75, 3.05) is 44.0 Å². The standard InChI is InChI=1S/C24H34N4O3/c1-3-23(16-17-8-9-20(23)28(17)14-15-31-2)22(30)27-12-10-24(11-13-27)21(29)25-18-6-4-5-7-19(18)26-24/h4-7,17,20,26H,3,8-16H2,1-2H3,(H,25,29)/t17-,20+,23+/m1/s1. The van der Waals surface area contributed by atoms with E-state index in [1.807, 2.05) is 29.2 Å². The van der Waals surface area contributed by atoms with Gasteiger partial charge in [-0.25, -0.2) is 0 Å². The summed E-state index contributed by atoms with van der Waals surface area (Å²) in [6, 6.07) is 8.65. The highest BCUT2D eigenvalue weighted by molar-refractivity contribution is 6.06. The topological polar surface area (TPSA) is 73.9 Å². The van der Waals surface area contributed by atoms with E-state index in [0.717, 1.165) is 43.8 Å². The van der Waals surface area contributed by atoms with Crippen molar-refractivity contribution >= 4 is 23.2 Å². The molecule has 4 heterocycles. The summed E-state index contributed by atoms with van der Waals surface area (Å²) < 4.78 is 5.32. The van der Waals surface area contributed by atoms with Gasteiger partial charge in [-0.05, 0) is 50.7 Å². The van der Waals surface area contributed by atoms with E-state index in [1.165, 1.54) is 6.42 Å². The van der Waals surface area contributed by atoms with Gasteiger partial charge < -0.3 is 20.3 Å². The number of nitrogens with one attached hydrogen (secondary N) is 2. The Morgan fingerprint density at radius 3 is 2.65 bits per heavy atom. The Morgan fingerprint density at radius 2 is 1.94 bits per heavy atom. The van der Waals surface area contributed by atoms with Gasteiger partial charge in [-0.1, -0.05) is 19.1 Å². The minimum absolute atomic E-state index is 0.0224. The fraction of sp³-hybridized carbons (Fsp3) is 0.667. The van der Waals surface area contributed by atoms with Gasteiger partial charge in [0.1, 0.15) is 5.54 Å². The van der Waals surface area contributed by atoms with Gasteiger partial charge in [-0.2, -0.15) is 0 Å². The molecule has 3 atom stereocenters. The van der Waals surface area contributed by atoms with Gasteiger partial charge in [0.15, 0.2) is 0 Å². The van der Waals surface area contributed by atoms with Gasteiger partial charge in [-0.3, -0.25) is 14.5 Å². The fourth-order valence-corrected chi connectivity index (χ4v) is 6.62. The molecular formula is C24H34N4O3. The number of hydrogen-bond donors (Lipinski definition) is 2. The average molecular weight is 427 g/mol.